The van der Waals surface area contributed by atoms with Crippen molar-refractivity contribution in [2.24, 2.45) is 5.92 Å². The molecule has 1 atom stereocenters. The normalized spacial score (nSPS) is 21.9. The zero-order valence-electron chi connectivity index (χ0n) is 14.6. The Balaban J connectivity index is 0.000000238. The summed E-state index contributed by atoms with van der Waals surface area (Å²) >= 11 is 0. The van der Waals surface area contributed by atoms with Crippen LogP contribution < -0.4 is 5.32 Å². The molecule has 128 valence electrons. The molecular weight excluding hydrogens is 292 g/mol. The van der Waals surface area contributed by atoms with Gasteiger partial charge in [-0.1, -0.05) is 66.7 Å². The molecule has 2 aromatic carbocycles. The second kappa shape index (κ2) is 9.61. The first-order valence-corrected chi connectivity index (χ1v) is 9.40. The molecule has 0 bridgehead atoms. The van der Waals surface area contributed by atoms with E-state index in [0.29, 0.717) is 0 Å². The Hall–Kier alpha value is -1.64. The van der Waals surface area contributed by atoms with Crippen LogP contribution in [0.25, 0.3) is 0 Å². The summed E-state index contributed by atoms with van der Waals surface area (Å²) in [5.41, 5.74) is 1.54. The summed E-state index contributed by atoms with van der Waals surface area (Å²) in [6.07, 6.45) is 4.05. The van der Waals surface area contributed by atoms with Gasteiger partial charge in [-0.25, -0.2) is 0 Å². The molecule has 0 saturated carbocycles. The molecule has 2 heterocycles. The minimum atomic E-state index is 0.796. The molecule has 1 N–H and O–H groups in total. The summed E-state index contributed by atoms with van der Waals surface area (Å²) in [5, 5.41) is 3.47. The lowest BCUT2D eigenvalue weighted by atomic mass is 9.89. The fourth-order valence-electron chi connectivity index (χ4n) is 3.79. The molecule has 2 nitrogen and oxygen atoms in total. The number of hydrogen-bond donors (Lipinski definition) is 1. The molecule has 0 radical (unpaired) electrons. The van der Waals surface area contributed by atoms with Crippen LogP contribution in [0.2, 0.25) is 0 Å². The third-order valence-electron chi connectivity index (χ3n) is 5.20. The van der Waals surface area contributed by atoms with Crippen molar-refractivity contribution in [2.45, 2.75) is 25.2 Å². The lowest BCUT2D eigenvalue weighted by Crippen LogP contribution is -2.37. The van der Waals surface area contributed by atoms with E-state index in [1.807, 2.05) is 36.4 Å². The lowest BCUT2D eigenvalue weighted by Gasteiger charge is -2.33. The second-order valence-electron chi connectivity index (χ2n) is 7.00. The van der Waals surface area contributed by atoms with Crippen LogP contribution in [0.1, 0.15) is 30.7 Å². The number of nitrogens with zero attached hydrogens (tertiary/aromatic N) is 1. The minimum absolute atomic E-state index is 0.796. The monoisotopic (exact) mass is 322 g/mol. The molecule has 2 fully saturated rings. The highest BCUT2D eigenvalue weighted by Crippen LogP contribution is 2.28. The molecular formula is C22H30N2. The van der Waals surface area contributed by atoms with Gasteiger partial charge in [0, 0.05) is 6.54 Å². The maximum Gasteiger partial charge on any atom is 0.00223 e. The SMILES string of the molecule is c1ccc(C2CCN(C[C@@H]3CCNC3)CC2)cc1.c1ccccc1. The van der Waals surface area contributed by atoms with E-state index >= 15 is 0 Å². The Morgan fingerprint density at radius 3 is 1.92 bits per heavy atom. The maximum absolute atomic E-state index is 3.47. The molecule has 0 amide bonds. The van der Waals surface area contributed by atoms with E-state index in [4.69, 9.17) is 0 Å². The summed E-state index contributed by atoms with van der Waals surface area (Å²) in [7, 11) is 0. The van der Waals surface area contributed by atoms with Gasteiger partial charge in [-0.15, -0.1) is 0 Å². The molecule has 0 aliphatic carbocycles. The van der Waals surface area contributed by atoms with Crippen molar-refractivity contribution in [3.8, 4) is 0 Å². The van der Waals surface area contributed by atoms with Crippen molar-refractivity contribution in [2.75, 3.05) is 32.7 Å². The fraction of sp³-hybridized carbons (Fsp3) is 0.455. The summed E-state index contributed by atoms with van der Waals surface area (Å²) in [4.78, 5) is 2.68. The van der Waals surface area contributed by atoms with Crippen molar-refractivity contribution in [1.82, 2.24) is 10.2 Å². The second-order valence-corrected chi connectivity index (χ2v) is 7.00. The van der Waals surface area contributed by atoms with Gasteiger partial charge >= 0.3 is 0 Å². The predicted molar refractivity (Wildman–Crippen MR) is 102 cm³/mol. The third-order valence-corrected chi connectivity index (χ3v) is 5.20. The van der Waals surface area contributed by atoms with Crippen molar-refractivity contribution < 1.29 is 0 Å². The zero-order valence-corrected chi connectivity index (χ0v) is 14.6. The van der Waals surface area contributed by atoms with Gasteiger partial charge in [0.25, 0.3) is 0 Å². The number of nitrogens with one attached hydrogen (secondary N) is 1. The number of rotatable bonds is 3. The van der Waals surface area contributed by atoms with Crippen molar-refractivity contribution in [1.29, 1.82) is 0 Å². The molecule has 4 rings (SSSR count). The standard InChI is InChI=1S/C16H24N2.C6H6/c1-2-4-15(5-3-1)16-7-10-18(11-8-16)13-14-6-9-17-12-14;1-2-4-6-5-3-1/h1-5,14,16-17H,6-13H2;1-6H/t14-;/m1./s1. The fourth-order valence-corrected chi connectivity index (χ4v) is 3.79. The van der Waals surface area contributed by atoms with E-state index in [1.165, 1.54) is 52.0 Å². The Morgan fingerprint density at radius 1 is 0.792 bits per heavy atom. The van der Waals surface area contributed by atoms with Gasteiger partial charge in [0.2, 0.25) is 0 Å². The first-order valence-electron chi connectivity index (χ1n) is 9.40. The summed E-state index contributed by atoms with van der Waals surface area (Å²) in [5.74, 6) is 1.70. The van der Waals surface area contributed by atoms with E-state index in [1.54, 1.807) is 5.56 Å². The topological polar surface area (TPSA) is 15.3 Å². The van der Waals surface area contributed by atoms with Gasteiger partial charge in [0.05, 0.1) is 0 Å². The summed E-state index contributed by atoms with van der Waals surface area (Å²) in [6, 6.07) is 23.0. The van der Waals surface area contributed by atoms with Gasteiger partial charge in [-0.2, -0.15) is 0 Å². The maximum atomic E-state index is 3.47. The van der Waals surface area contributed by atoms with Crippen LogP contribution in [0.4, 0.5) is 0 Å². The van der Waals surface area contributed by atoms with Crippen molar-refractivity contribution >= 4 is 0 Å². The van der Waals surface area contributed by atoms with E-state index in [9.17, 15) is 0 Å². The molecule has 2 aliphatic heterocycles. The highest BCUT2D eigenvalue weighted by atomic mass is 15.1. The van der Waals surface area contributed by atoms with E-state index in [0.717, 1.165) is 11.8 Å². The highest BCUT2D eigenvalue weighted by molar-refractivity contribution is 5.20. The van der Waals surface area contributed by atoms with Gasteiger partial charge in [-0.3, -0.25) is 0 Å². The van der Waals surface area contributed by atoms with Crippen LogP contribution >= 0.6 is 0 Å². The Morgan fingerprint density at radius 2 is 1.38 bits per heavy atom. The number of benzene rings is 2. The summed E-state index contributed by atoms with van der Waals surface area (Å²) in [6.45, 7) is 6.35. The number of hydrogen-bond acceptors (Lipinski definition) is 2. The Kier molecular flexibility index (Phi) is 6.88. The number of likely N-dealkylation sites (tertiary alicyclic amines) is 1. The largest absolute Gasteiger partial charge is 0.316 e. The van der Waals surface area contributed by atoms with Crippen molar-refractivity contribution in [3.63, 3.8) is 0 Å². The van der Waals surface area contributed by atoms with Gasteiger partial charge < -0.3 is 10.2 Å². The van der Waals surface area contributed by atoms with Crippen LogP contribution in [0.15, 0.2) is 66.7 Å². The molecule has 24 heavy (non-hydrogen) atoms. The van der Waals surface area contributed by atoms with Crippen LogP contribution in [0.5, 0.6) is 0 Å². The molecule has 2 aromatic rings. The first-order chi connectivity index (χ1) is 11.9. The highest BCUT2D eigenvalue weighted by Gasteiger charge is 2.23. The van der Waals surface area contributed by atoms with Gasteiger partial charge in [0.15, 0.2) is 0 Å². The first kappa shape index (κ1) is 17.2. The quantitative estimate of drug-likeness (QED) is 0.913. The molecule has 0 spiro atoms. The van der Waals surface area contributed by atoms with Crippen LogP contribution in [0, 0.1) is 5.92 Å². The third kappa shape index (κ3) is 5.47. The van der Waals surface area contributed by atoms with E-state index in [2.05, 4.69) is 40.5 Å². The molecule has 2 aliphatic rings. The van der Waals surface area contributed by atoms with Crippen LogP contribution in [-0.2, 0) is 0 Å². The Bertz CT molecular complexity index is 514. The van der Waals surface area contributed by atoms with Crippen LogP contribution in [-0.4, -0.2) is 37.6 Å². The minimum Gasteiger partial charge on any atom is -0.316 e. The Labute approximate surface area is 146 Å². The van der Waals surface area contributed by atoms with Gasteiger partial charge in [-0.05, 0) is 62.8 Å². The van der Waals surface area contributed by atoms with E-state index < -0.39 is 0 Å². The molecule has 0 unspecified atom stereocenters. The summed E-state index contributed by atoms with van der Waals surface area (Å²) < 4.78 is 0. The molecule has 2 saturated heterocycles. The average Bonchev–Trinajstić information content (AvgIpc) is 3.18. The molecule has 2 heteroatoms. The zero-order chi connectivity index (χ0) is 16.5. The lowest BCUT2D eigenvalue weighted by molar-refractivity contribution is 0.187. The number of piperidine rings is 1. The smallest absolute Gasteiger partial charge is 0.00223 e. The predicted octanol–water partition coefficient (Wildman–Crippen LogP) is 4.16. The average molecular weight is 322 g/mol. The molecule has 0 aromatic heterocycles. The van der Waals surface area contributed by atoms with Crippen molar-refractivity contribution in [3.05, 3.63) is 72.3 Å². The van der Waals surface area contributed by atoms with E-state index in [-0.39, 0.29) is 0 Å². The van der Waals surface area contributed by atoms with Crippen LogP contribution in [0.3, 0.4) is 0 Å². The van der Waals surface area contributed by atoms with Gasteiger partial charge in [0.1, 0.15) is 0 Å².